The van der Waals surface area contributed by atoms with E-state index in [4.69, 9.17) is 16.3 Å². The van der Waals surface area contributed by atoms with Gasteiger partial charge in [0, 0.05) is 24.7 Å². The van der Waals surface area contributed by atoms with Crippen molar-refractivity contribution in [2.24, 2.45) is 0 Å². The predicted octanol–water partition coefficient (Wildman–Crippen LogP) is 0.266. The number of nitrogens with one attached hydrogen (secondary N) is 1. The van der Waals surface area contributed by atoms with Gasteiger partial charge in [-0.15, -0.1) is 11.6 Å². The van der Waals surface area contributed by atoms with Crippen molar-refractivity contribution in [2.75, 3.05) is 43.7 Å². The highest BCUT2D eigenvalue weighted by Gasteiger charge is 2.05. The summed E-state index contributed by atoms with van der Waals surface area (Å²) in [7, 11) is -2.84. The average Bonchev–Trinajstić information content (AvgIpc) is 2.16. The Morgan fingerprint density at radius 3 is 2.57 bits per heavy atom. The van der Waals surface area contributed by atoms with Gasteiger partial charge in [0.05, 0.1) is 19.0 Å². The second-order valence-corrected chi connectivity index (χ2v) is 5.64. The van der Waals surface area contributed by atoms with Gasteiger partial charge in [-0.1, -0.05) is 6.92 Å². The van der Waals surface area contributed by atoms with E-state index in [1.807, 2.05) is 0 Å². The lowest BCUT2D eigenvalue weighted by atomic mass is 10.6. The number of sulfone groups is 1. The number of hydrogen-bond donors (Lipinski definition) is 1. The Balaban J connectivity index is 3.22. The van der Waals surface area contributed by atoms with Gasteiger partial charge < -0.3 is 10.1 Å². The average molecular weight is 244 g/mol. The largest absolute Gasteiger partial charge is 0.379 e. The summed E-state index contributed by atoms with van der Waals surface area (Å²) in [6, 6.07) is 0. The van der Waals surface area contributed by atoms with Crippen molar-refractivity contribution in [3.05, 3.63) is 0 Å². The molecule has 0 bridgehead atoms. The maximum atomic E-state index is 11.0. The highest BCUT2D eigenvalue weighted by molar-refractivity contribution is 7.91. The lowest BCUT2D eigenvalue weighted by Crippen LogP contribution is -2.27. The van der Waals surface area contributed by atoms with E-state index >= 15 is 0 Å². The zero-order valence-corrected chi connectivity index (χ0v) is 10.0. The van der Waals surface area contributed by atoms with Crippen LogP contribution in [0.25, 0.3) is 0 Å². The maximum Gasteiger partial charge on any atom is 0.151 e. The number of ether oxygens (including phenoxy) is 1. The second kappa shape index (κ2) is 8.47. The van der Waals surface area contributed by atoms with Gasteiger partial charge in [-0.3, -0.25) is 0 Å². The molecule has 0 spiro atoms. The van der Waals surface area contributed by atoms with Crippen molar-refractivity contribution in [3.8, 4) is 0 Å². The van der Waals surface area contributed by atoms with Crippen molar-refractivity contribution in [1.82, 2.24) is 5.32 Å². The first-order chi connectivity index (χ1) is 6.62. The molecule has 0 rings (SSSR count). The minimum Gasteiger partial charge on any atom is -0.379 e. The topological polar surface area (TPSA) is 55.4 Å². The van der Waals surface area contributed by atoms with Crippen molar-refractivity contribution in [2.45, 2.75) is 6.92 Å². The molecule has 86 valence electrons. The van der Waals surface area contributed by atoms with E-state index in [1.165, 1.54) is 0 Å². The molecule has 4 nitrogen and oxygen atoms in total. The van der Waals surface area contributed by atoms with E-state index in [9.17, 15) is 8.42 Å². The van der Waals surface area contributed by atoms with Crippen LogP contribution in [0, 0.1) is 0 Å². The fraction of sp³-hybridized carbons (Fsp3) is 1.00. The maximum absolute atomic E-state index is 11.0. The number of alkyl halides is 1. The highest BCUT2D eigenvalue weighted by atomic mass is 35.5. The number of rotatable bonds is 9. The molecule has 0 amide bonds. The fourth-order valence-corrected chi connectivity index (χ4v) is 1.65. The molecule has 0 atom stereocenters. The number of halogens is 1. The smallest absolute Gasteiger partial charge is 0.151 e. The Morgan fingerprint density at radius 1 is 1.29 bits per heavy atom. The van der Waals surface area contributed by atoms with Crippen LogP contribution in [-0.2, 0) is 14.6 Å². The molecule has 0 aromatic heterocycles. The molecule has 0 aliphatic rings. The Kier molecular flexibility index (Phi) is 8.56. The summed E-state index contributed by atoms with van der Waals surface area (Å²) in [5.74, 6) is 0.890. The first kappa shape index (κ1) is 14.2. The molecule has 0 unspecified atom stereocenters. The molecular weight excluding hydrogens is 226 g/mol. The van der Waals surface area contributed by atoms with E-state index in [-0.39, 0.29) is 11.5 Å². The summed E-state index contributed by atoms with van der Waals surface area (Å²) < 4.78 is 27.2. The first-order valence-corrected chi connectivity index (χ1v) is 7.03. The normalized spacial score (nSPS) is 11.9. The summed E-state index contributed by atoms with van der Waals surface area (Å²) >= 11 is 5.40. The van der Waals surface area contributed by atoms with Crippen molar-refractivity contribution in [1.29, 1.82) is 0 Å². The van der Waals surface area contributed by atoms with Gasteiger partial charge in [0.15, 0.2) is 9.84 Å². The van der Waals surface area contributed by atoms with Crippen molar-refractivity contribution >= 4 is 21.4 Å². The minimum absolute atomic E-state index is 0.193. The van der Waals surface area contributed by atoms with E-state index in [2.05, 4.69) is 5.32 Å². The lowest BCUT2D eigenvalue weighted by molar-refractivity contribution is 0.151. The van der Waals surface area contributed by atoms with Crippen LogP contribution in [-0.4, -0.2) is 52.1 Å². The Hall–Kier alpha value is 0.160. The van der Waals surface area contributed by atoms with E-state index in [0.29, 0.717) is 32.2 Å². The second-order valence-electron chi connectivity index (χ2n) is 2.79. The van der Waals surface area contributed by atoms with Crippen LogP contribution in [0.15, 0.2) is 0 Å². The van der Waals surface area contributed by atoms with E-state index < -0.39 is 9.84 Å². The Labute approximate surface area is 90.9 Å². The lowest BCUT2D eigenvalue weighted by Gasteiger charge is -2.04. The summed E-state index contributed by atoms with van der Waals surface area (Å²) in [5, 5.41) is 2.99. The van der Waals surface area contributed by atoms with Crippen LogP contribution in [0.1, 0.15) is 6.92 Å². The number of hydrogen-bond acceptors (Lipinski definition) is 4. The van der Waals surface area contributed by atoms with Gasteiger partial charge in [0.1, 0.15) is 0 Å². The molecule has 1 N–H and O–H groups in total. The van der Waals surface area contributed by atoms with Crippen molar-refractivity contribution in [3.63, 3.8) is 0 Å². The van der Waals surface area contributed by atoms with Crippen LogP contribution < -0.4 is 5.32 Å². The molecular formula is C8H18ClNO3S. The third-order valence-electron chi connectivity index (χ3n) is 1.67. The molecule has 14 heavy (non-hydrogen) atoms. The van der Waals surface area contributed by atoms with Gasteiger partial charge in [0.25, 0.3) is 0 Å². The molecule has 0 saturated heterocycles. The molecule has 0 aromatic carbocycles. The van der Waals surface area contributed by atoms with Crippen LogP contribution in [0.2, 0.25) is 0 Å². The monoisotopic (exact) mass is 243 g/mol. The molecule has 0 heterocycles. The van der Waals surface area contributed by atoms with Gasteiger partial charge in [0.2, 0.25) is 0 Å². The van der Waals surface area contributed by atoms with E-state index in [1.54, 1.807) is 6.92 Å². The summed E-state index contributed by atoms with van der Waals surface area (Å²) in [6.45, 7) is 3.91. The quantitative estimate of drug-likeness (QED) is 0.467. The van der Waals surface area contributed by atoms with Crippen molar-refractivity contribution < 1.29 is 13.2 Å². The third-order valence-corrected chi connectivity index (χ3v) is 3.53. The zero-order valence-electron chi connectivity index (χ0n) is 8.46. The summed E-state index contributed by atoms with van der Waals surface area (Å²) in [5.41, 5.74) is 0. The van der Waals surface area contributed by atoms with Crippen LogP contribution in [0.5, 0.6) is 0 Å². The van der Waals surface area contributed by atoms with Gasteiger partial charge >= 0.3 is 0 Å². The van der Waals surface area contributed by atoms with E-state index in [0.717, 1.165) is 0 Å². The van der Waals surface area contributed by atoms with Gasteiger partial charge in [-0.05, 0) is 0 Å². The minimum atomic E-state index is -2.84. The van der Waals surface area contributed by atoms with Crippen LogP contribution in [0.4, 0.5) is 0 Å². The molecule has 0 aliphatic carbocycles. The molecule has 0 aliphatic heterocycles. The SMILES string of the molecule is CCS(=O)(=O)CCNCCOCCCl. The predicted molar refractivity (Wildman–Crippen MR) is 58.7 cm³/mol. The molecule has 0 radical (unpaired) electrons. The zero-order chi connectivity index (χ0) is 10.9. The Morgan fingerprint density at radius 2 is 2.00 bits per heavy atom. The summed E-state index contributed by atoms with van der Waals surface area (Å²) in [6.07, 6.45) is 0. The van der Waals surface area contributed by atoms with Crippen LogP contribution in [0.3, 0.4) is 0 Å². The highest BCUT2D eigenvalue weighted by Crippen LogP contribution is 1.86. The first-order valence-electron chi connectivity index (χ1n) is 4.67. The molecule has 0 fully saturated rings. The Bertz CT molecular complexity index is 219. The summed E-state index contributed by atoms with van der Waals surface area (Å²) in [4.78, 5) is 0. The fourth-order valence-electron chi connectivity index (χ4n) is 0.798. The van der Waals surface area contributed by atoms with Gasteiger partial charge in [-0.2, -0.15) is 0 Å². The molecule has 6 heteroatoms. The molecule has 0 saturated carbocycles. The van der Waals surface area contributed by atoms with Gasteiger partial charge in [-0.25, -0.2) is 8.42 Å². The molecule has 0 aromatic rings. The van der Waals surface area contributed by atoms with Crippen LogP contribution >= 0.6 is 11.6 Å². The third kappa shape index (κ3) is 8.74. The standard InChI is InChI=1S/C8H18ClNO3S/c1-2-14(11,12)8-5-10-4-7-13-6-3-9/h10H,2-8H2,1H3.